The van der Waals surface area contributed by atoms with Gasteiger partial charge in [-0.1, -0.05) is 6.07 Å². The highest BCUT2D eigenvalue weighted by atomic mass is 19.1. The third-order valence-corrected chi connectivity index (χ3v) is 2.93. The molecule has 1 aromatic heterocycles. The van der Waals surface area contributed by atoms with Crippen LogP contribution >= 0.6 is 0 Å². The zero-order valence-electron chi connectivity index (χ0n) is 12.4. The summed E-state index contributed by atoms with van der Waals surface area (Å²) >= 11 is 0. The fourth-order valence-electron chi connectivity index (χ4n) is 1.81. The Kier molecular flexibility index (Phi) is 5.05. The van der Waals surface area contributed by atoms with Crippen molar-refractivity contribution in [3.05, 3.63) is 41.5 Å². The number of halogens is 1. The lowest BCUT2D eigenvalue weighted by Crippen LogP contribution is -2.06. The molecule has 2 aromatic rings. The molecule has 2 N–H and O–H groups in total. The van der Waals surface area contributed by atoms with Crippen molar-refractivity contribution in [2.24, 2.45) is 0 Å². The number of anilines is 3. The van der Waals surface area contributed by atoms with Crippen molar-refractivity contribution in [2.75, 3.05) is 24.3 Å². The lowest BCUT2D eigenvalue weighted by Gasteiger charge is -2.11. The molecule has 1 heterocycles. The topological polar surface area (TPSA) is 59.1 Å². The standard InChI is InChI=1S/C15H19FN4O/c1-4-21-9-15-19-13(17-3)8-14(20-15)18-12-7-11(16)6-5-10(12)2/h5-8H,4,9H2,1-3H3,(H2,17,18,19,20). The molecular weight excluding hydrogens is 271 g/mol. The van der Waals surface area contributed by atoms with Gasteiger partial charge in [0.25, 0.3) is 0 Å². The van der Waals surface area contributed by atoms with Gasteiger partial charge in [0.05, 0.1) is 0 Å². The number of hydrogen-bond acceptors (Lipinski definition) is 5. The lowest BCUT2D eigenvalue weighted by atomic mass is 10.2. The summed E-state index contributed by atoms with van der Waals surface area (Å²) in [5.74, 6) is 1.55. The molecular formula is C15H19FN4O. The Morgan fingerprint density at radius 1 is 1.19 bits per heavy atom. The Balaban J connectivity index is 2.27. The Bertz CT molecular complexity index is 619. The van der Waals surface area contributed by atoms with Crippen molar-refractivity contribution in [3.8, 4) is 0 Å². The molecule has 0 aliphatic carbocycles. The molecule has 0 saturated heterocycles. The van der Waals surface area contributed by atoms with E-state index < -0.39 is 0 Å². The maximum Gasteiger partial charge on any atom is 0.158 e. The minimum atomic E-state index is -0.291. The molecule has 5 nitrogen and oxygen atoms in total. The van der Waals surface area contributed by atoms with Gasteiger partial charge >= 0.3 is 0 Å². The highest BCUT2D eigenvalue weighted by Crippen LogP contribution is 2.22. The number of aromatic nitrogens is 2. The van der Waals surface area contributed by atoms with Crippen LogP contribution in [0.4, 0.5) is 21.7 Å². The third-order valence-electron chi connectivity index (χ3n) is 2.93. The van der Waals surface area contributed by atoms with Gasteiger partial charge in [-0.2, -0.15) is 0 Å². The van der Waals surface area contributed by atoms with E-state index in [4.69, 9.17) is 4.74 Å². The van der Waals surface area contributed by atoms with Crippen molar-refractivity contribution in [1.29, 1.82) is 0 Å². The molecule has 2 rings (SSSR count). The normalized spacial score (nSPS) is 10.5. The first-order chi connectivity index (χ1) is 10.1. The SMILES string of the molecule is CCOCc1nc(NC)cc(Nc2cc(F)ccc2C)n1. The number of ether oxygens (including phenoxy) is 1. The molecule has 0 aliphatic heterocycles. The van der Waals surface area contributed by atoms with Crippen LogP contribution in [0.1, 0.15) is 18.3 Å². The Hall–Kier alpha value is -2.21. The quantitative estimate of drug-likeness (QED) is 0.855. The van der Waals surface area contributed by atoms with Crippen LogP contribution in [0.5, 0.6) is 0 Å². The van der Waals surface area contributed by atoms with Crippen LogP contribution in [0.15, 0.2) is 24.3 Å². The predicted molar refractivity (Wildman–Crippen MR) is 81.3 cm³/mol. The van der Waals surface area contributed by atoms with Crippen LogP contribution in [-0.4, -0.2) is 23.6 Å². The Morgan fingerprint density at radius 2 is 1.95 bits per heavy atom. The number of benzene rings is 1. The van der Waals surface area contributed by atoms with E-state index in [1.54, 1.807) is 19.2 Å². The second kappa shape index (κ2) is 6.99. The van der Waals surface area contributed by atoms with E-state index in [-0.39, 0.29) is 5.82 Å². The van der Waals surface area contributed by atoms with Crippen molar-refractivity contribution >= 4 is 17.3 Å². The molecule has 21 heavy (non-hydrogen) atoms. The van der Waals surface area contributed by atoms with Crippen LogP contribution in [0, 0.1) is 12.7 Å². The fourth-order valence-corrected chi connectivity index (χ4v) is 1.81. The molecule has 0 fully saturated rings. The molecule has 0 saturated carbocycles. The lowest BCUT2D eigenvalue weighted by molar-refractivity contribution is 0.128. The molecule has 0 amide bonds. The van der Waals surface area contributed by atoms with E-state index >= 15 is 0 Å². The van der Waals surface area contributed by atoms with E-state index in [2.05, 4.69) is 20.6 Å². The first-order valence-corrected chi connectivity index (χ1v) is 6.79. The van der Waals surface area contributed by atoms with E-state index in [0.29, 0.717) is 36.4 Å². The van der Waals surface area contributed by atoms with Gasteiger partial charge in [0.1, 0.15) is 24.1 Å². The number of nitrogens with zero attached hydrogens (tertiary/aromatic N) is 2. The second-order valence-corrected chi connectivity index (χ2v) is 4.53. The first-order valence-electron chi connectivity index (χ1n) is 6.79. The molecule has 0 bridgehead atoms. The van der Waals surface area contributed by atoms with Crippen molar-refractivity contribution in [1.82, 2.24) is 9.97 Å². The molecule has 0 radical (unpaired) electrons. The summed E-state index contributed by atoms with van der Waals surface area (Å²) in [5.41, 5.74) is 1.62. The Morgan fingerprint density at radius 3 is 2.67 bits per heavy atom. The number of rotatable bonds is 6. The molecule has 0 aliphatic rings. The highest BCUT2D eigenvalue weighted by Gasteiger charge is 2.06. The summed E-state index contributed by atoms with van der Waals surface area (Å²) in [4.78, 5) is 8.68. The summed E-state index contributed by atoms with van der Waals surface area (Å²) in [6, 6.07) is 6.36. The molecule has 0 spiro atoms. The Labute approximate surface area is 123 Å². The number of aryl methyl sites for hydroxylation is 1. The van der Waals surface area contributed by atoms with Crippen LogP contribution in [0.2, 0.25) is 0 Å². The molecule has 112 valence electrons. The van der Waals surface area contributed by atoms with E-state index in [9.17, 15) is 4.39 Å². The zero-order chi connectivity index (χ0) is 15.2. The number of hydrogen-bond donors (Lipinski definition) is 2. The smallest absolute Gasteiger partial charge is 0.158 e. The average Bonchev–Trinajstić information content (AvgIpc) is 2.48. The summed E-state index contributed by atoms with van der Waals surface area (Å²) in [7, 11) is 1.78. The molecule has 6 heteroatoms. The van der Waals surface area contributed by atoms with E-state index in [1.165, 1.54) is 12.1 Å². The van der Waals surface area contributed by atoms with Crippen LogP contribution < -0.4 is 10.6 Å². The van der Waals surface area contributed by atoms with E-state index in [1.807, 2.05) is 13.8 Å². The minimum Gasteiger partial charge on any atom is -0.374 e. The van der Waals surface area contributed by atoms with Gasteiger partial charge in [-0.25, -0.2) is 14.4 Å². The van der Waals surface area contributed by atoms with Gasteiger partial charge in [0.2, 0.25) is 0 Å². The zero-order valence-corrected chi connectivity index (χ0v) is 12.4. The minimum absolute atomic E-state index is 0.291. The summed E-state index contributed by atoms with van der Waals surface area (Å²) in [5, 5.41) is 6.09. The highest BCUT2D eigenvalue weighted by molar-refractivity contribution is 5.62. The van der Waals surface area contributed by atoms with E-state index in [0.717, 1.165) is 5.56 Å². The summed E-state index contributed by atoms with van der Waals surface area (Å²) in [6.07, 6.45) is 0. The van der Waals surface area contributed by atoms with Gasteiger partial charge in [-0.05, 0) is 31.5 Å². The first kappa shape index (κ1) is 15.2. The molecule has 0 unspecified atom stereocenters. The predicted octanol–water partition coefficient (Wildman–Crippen LogP) is 3.25. The molecule has 0 atom stereocenters. The fraction of sp³-hybridized carbons (Fsp3) is 0.333. The van der Waals surface area contributed by atoms with Crippen LogP contribution in [0.25, 0.3) is 0 Å². The van der Waals surface area contributed by atoms with Crippen molar-refractivity contribution < 1.29 is 9.13 Å². The van der Waals surface area contributed by atoms with Gasteiger partial charge in [-0.15, -0.1) is 0 Å². The van der Waals surface area contributed by atoms with Crippen molar-refractivity contribution in [2.45, 2.75) is 20.5 Å². The van der Waals surface area contributed by atoms with Crippen LogP contribution in [-0.2, 0) is 11.3 Å². The van der Waals surface area contributed by atoms with Gasteiger partial charge < -0.3 is 15.4 Å². The maximum atomic E-state index is 13.3. The van der Waals surface area contributed by atoms with Gasteiger partial charge in [0, 0.05) is 25.4 Å². The van der Waals surface area contributed by atoms with Crippen LogP contribution in [0.3, 0.4) is 0 Å². The second-order valence-electron chi connectivity index (χ2n) is 4.53. The monoisotopic (exact) mass is 290 g/mol. The average molecular weight is 290 g/mol. The number of nitrogens with one attached hydrogen (secondary N) is 2. The van der Waals surface area contributed by atoms with Gasteiger partial charge in [0.15, 0.2) is 5.82 Å². The maximum absolute atomic E-state index is 13.3. The molecule has 1 aromatic carbocycles. The van der Waals surface area contributed by atoms with Crippen molar-refractivity contribution in [3.63, 3.8) is 0 Å². The largest absolute Gasteiger partial charge is 0.374 e. The summed E-state index contributed by atoms with van der Waals surface area (Å²) < 4.78 is 18.7. The summed E-state index contributed by atoms with van der Waals surface area (Å²) in [6.45, 7) is 4.75. The third kappa shape index (κ3) is 4.13. The van der Waals surface area contributed by atoms with Gasteiger partial charge in [-0.3, -0.25) is 0 Å².